The van der Waals surface area contributed by atoms with E-state index in [4.69, 9.17) is 0 Å². The summed E-state index contributed by atoms with van der Waals surface area (Å²) in [5.41, 5.74) is 0. The maximum Gasteiger partial charge on any atom is 4.00 e. The van der Waals surface area contributed by atoms with Crippen LogP contribution in [0.1, 0.15) is 0 Å². The molecule has 0 aromatic rings. The molecule has 0 heterocycles. The third-order valence-corrected chi connectivity index (χ3v) is 0. The van der Waals surface area contributed by atoms with Gasteiger partial charge in [0.1, 0.15) is 0 Å². The molecule has 0 bridgehead atoms. The average Bonchev–Trinajstić information content (AvgIpc) is 0. The molecule has 3 nitrogen and oxygen atoms in total. The number of hydrogen-bond acceptors (Lipinski definition) is 0. The molecule has 0 fully saturated rings. The van der Waals surface area contributed by atoms with Crippen LogP contribution in [0.5, 0.6) is 0 Å². The Bertz CT molecular complexity index is 8.75. The largest absolute Gasteiger partial charge is 4.00 e. The summed E-state index contributed by atoms with van der Waals surface area (Å²) < 4.78 is 0. The first kappa shape index (κ1) is 52.7. The first-order valence-electron chi connectivity index (χ1n) is 0. The van der Waals surface area contributed by atoms with Crippen molar-refractivity contribution in [3.05, 3.63) is 0 Å². The second kappa shape index (κ2) is 37.1. The minimum atomic E-state index is 0. The van der Waals surface area contributed by atoms with E-state index in [1.807, 2.05) is 0 Å². The van der Waals surface area contributed by atoms with Crippen molar-refractivity contribution in [2.75, 3.05) is 0 Å². The molecule has 0 aliphatic heterocycles. The maximum atomic E-state index is 0. The van der Waals surface area contributed by atoms with Gasteiger partial charge >= 0.3 is 123 Å². The van der Waals surface area contributed by atoms with Crippen molar-refractivity contribution in [3.63, 3.8) is 0 Å². The van der Waals surface area contributed by atoms with Crippen LogP contribution in [0.2, 0.25) is 0 Å². The maximum absolute atomic E-state index is 0. The molecule has 0 saturated heterocycles. The van der Waals surface area contributed by atoms with Crippen LogP contribution in [0, 0.1) is 0 Å². The van der Waals surface area contributed by atoms with Gasteiger partial charge in [-0.15, -0.1) is 0 Å². The van der Waals surface area contributed by atoms with Gasteiger partial charge in [-0.1, -0.05) is 0 Å². The van der Waals surface area contributed by atoms with Gasteiger partial charge in [-0.05, 0) is 0 Å². The summed E-state index contributed by atoms with van der Waals surface area (Å²) in [6, 6.07) is 0. The average molecular weight is 316 g/mol. The Morgan fingerprint density at radius 2 is 0.500 bits per heavy atom. The third kappa shape index (κ3) is 25.0. The molecule has 28 valence electrons. The van der Waals surface area contributed by atoms with Crippen LogP contribution >= 0.6 is 0 Å². The molecule has 6 heavy (non-hydrogen) atoms. The first-order valence-corrected chi connectivity index (χ1v) is 0. The second-order valence-electron chi connectivity index (χ2n) is 0. The zero-order chi connectivity index (χ0) is 0. The third-order valence-electron chi connectivity index (χ3n) is 0. The van der Waals surface area contributed by atoms with Crippen molar-refractivity contribution in [2.24, 2.45) is 0 Å². The first-order chi connectivity index (χ1) is 0. The van der Waals surface area contributed by atoms with Gasteiger partial charge in [-0.25, -0.2) is 0 Å². The molecule has 0 aliphatic rings. The molecule has 0 saturated carbocycles. The minimum absolute atomic E-state index is 0. The molecular weight excluding hydrogens is 316 g/mol. The molecule has 0 aliphatic carbocycles. The van der Waals surface area contributed by atoms with Gasteiger partial charge in [0.2, 0.25) is 0 Å². The Labute approximate surface area is 135 Å². The van der Waals surface area contributed by atoms with Crippen LogP contribution in [-0.4, -0.2) is 0 Å². The Morgan fingerprint density at radius 3 is 0.500 bits per heavy atom. The summed E-state index contributed by atoms with van der Waals surface area (Å²) in [6.07, 6.45) is 0. The van der Waals surface area contributed by atoms with Gasteiger partial charge in [0.05, 0.1) is 0 Å². The zero-order valence-electron chi connectivity index (χ0n) is 3.58. The van der Waals surface area contributed by atoms with E-state index in [2.05, 4.69) is 0 Å². The Kier molecular flexibility index (Phi) is 326. The van der Waals surface area contributed by atoms with E-state index in [0.717, 1.165) is 0 Å². The summed E-state index contributed by atoms with van der Waals surface area (Å²) in [5.74, 6) is 0. The number of hydrogen-bond donors (Lipinski definition) is 0. The quantitative estimate of drug-likeness (QED) is 0.398. The molecular formula is K2O3Os. The van der Waals surface area contributed by atoms with E-state index in [9.17, 15) is 0 Å². The molecule has 0 atom stereocenters. The Morgan fingerprint density at radius 1 is 0.500 bits per heavy atom. The van der Waals surface area contributed by atoms with Crippen molar-refractivity contribution < 1.29 is 139 Å². The molecule has 0 radical (unpaired) electrons. The smallest absolute Gasteiger partial charge is 2.00 e. The van der Waals surface area contributed by atoms with E-state index in [0.29, 0.717) is 0 Å². The summed E-state index contributed by atoms with van der Waals surface area (Å²) in [5, 5.41) is 0. The zero-order valence-corrected chi connectivity index (χ0v) is 12.4. The summed E-state index contributed by atoms with van der Waals surface area (Å²) >= 11 is 0. The predicted octanol–water partition coefficient (Wildman–Crippen LogP) is -6.35. The van der Waals surface area contributed by atoms with Gasteiger partial charge in [0, 0.05) is 0 Å². The monoisotopic (exact) mass is 318 g/mol. The molecule has 6 heteroatoms. The second-order valence-corrected chi connectivity index (χ2v) is 0. The fourth-order valence-corrected chi connectivity index (χ4v) is 0. The van der Waals surface area contributed by atoms with Gasteiger partial charge in [0.25, 0.3) is 0 Å². The van der Waals surface area contributed by atoms with Crippen LogP contribution in [0.4, 0.5) is 0 Å². The fourth-order valence-electron chi connectivity index (χ4n) is 0. The van der Waals surface area contributed by atoms with Crippen molar-refractivity contribution in [1.82, 2.24) is 0 Å². The van der Waals surface area contributed by atoms with E-state index >= 15 is 0 Å². The topological polar surface area (TPSA) is 85.5 Å². The van der Waals surface area contributed by atoms with Crippen LogP contribution in [0.25, 0.3) is 0 Å². The van der Waals surface area contributed by atoms with Crippen molar-refractivity contribution >= 4 is 0 Å². The van der Waals surface area contributed by atoms with Crippen molar-refractivity contribution in [1.29, 1.82) is 0 Å². The van der Waals surface area contributed by atoms with Crippen LogP contribution in [0.15, 0.2) is 0 Å². The molecule has 0 rings (SSSR count). The normalized spacial score (nSPS) is 0. The Balaban J connectivity index is 0. The predicted molar refractivity (Wildman–Crippen MR) is 2.06 cm³/mol. The van der Waals surface area contributed by atoms with E-state index in [1.54, 1.807) is 0 Å². The summed E-state index contributed by atoms with van der Waals surface area (Å²) in [7, 11) is 0. The van der Waals surface area contributed by atoms with Gasteiger partial charge < -0.3 is 16.4 Å². The molecule has 0 aromatic carbocycles. The van der Waals surface area contributed by atoms with Gasteiger partial charge in [0.15, 0.2) is 0 Å². The molecule has 0 N–H and O–H groups in total. The molecule has 0 amide bonds. The van der Waals surface area contributed by atoms with Crippen molar-refractivity contribution in [3.8, 4) is 0 Å². The fraction of sp³-hybridized carbons (Fsp3) is 0. The van der Waals surface area contributed by atoms with E-state index in [-0.39, 0.29) is 139 Å². The van der Waals surface area contributed by atoms with Gasteiger partial charge in [-0.2, -0.15) is 0 Å². The minimum Gasteiger partial charge on any atom is -2.00 e. The summed E-state index contributed by atoms with van der Waals surface area (Å²) in [4.78, 5) is 0. The van der Waals surface area contributed by atoms with Crippen LogP contribution in [-0.2, 0) is 36.2 Å². The van der Waals surface area contributed by atoms with Crippen molar-refractivity contribution in [2.45, 2.75) is 0 Å². The Hall–Kier alpha value is 3.79. The molecule has 0 unspecified atom stereocenters. The molecule has 0 aromatic heterocycles. The van der Waals surface area contributed by atoms with E-state index in [1.165, 1.54) is 0 Å². The van der Waals surface area contributed by atoms with Crippen LogP contribution < -0.4 is 103 Å². The number of rotatable bonds is 0. The van der Waals surface area contributed by atoms with E-state index < -0.39 is 0 Å². The molecule has 0 spiro atoms. The SMILES string of the molecule is [K+].[K+].[O-2].[O-2].[O-2].[Os+4]. The standard InChI is InChI=1S/2K.3O.Os/q2*+1;3*-2;+4. The summed E-state index contributed by atoms with van der Waals surface area (Å²) in [6.45, 7) is 0. The van der Waals surface area contributed by atoms with Crippen LogP contribution in [0.3, 0.4) is 0 Å². The van der Waals surface area contributed by atoms with Gasteiger partial charge in [-0.3, -0.25) is 0 Å².